The number of methoxy groups -OCH3 is 5. The van der Waals surface area contributed by atoms with Gasteiger partial charge in [0.25, 0.3) is 0 Å². The molecule has 0 aliphatic heterocycles. The van der Waals surface area contributed by atoms with E-state index in [2.05, 4.69) is 4.98 Å². The summed E-state index contributed by atoms with van der Waals surface area (Å²) >= 11 is 0. The molecule has 0 saturated heterocycles. The molecule has 34 heavy (non-hydrogen) atoms. The third kappa shape index (κ3) is 4.08. The number of nitrogens with zero attached hydrogens (tertiary/aromatic N) is 1. The minimum absolute atomic E-state index is 0.261. The predicted octanol–water partition coefficient (Wildman–Crippen LogP) is 5.18. The van der Waals surface area contributed by atoms with Gasteiger partial charge in [0.15, 0.2) is 11.5 Å². The van der Waals surface area contributed by atoms with Crippen molar-refractivity contribution in [3.63, 3.8) is 0 Å². The van der Waals surface area contributed by atoms with Crippen LogP contribution in [-0.4, -0.2) is 46.3 Å². The van der Waals surface area contributed by atoms with Gasteiger partial charge >= 0.3 is 0 Å². The Morgan fingerprint density at radius 3 is 1.88 bits per heavy atom. The lowest BCUT2D eigenvalue weighted by atomic mass is 9.98. The van der Waals surface area contributed by atoms with Crippen LogP contribution in [0.2, 0.25) is 0 Å². The number of ether oxygens (including phenoxy) is 5. The van der Waals surface area contributed by atoms with Gasteiger partial charge in [-0.1, -0.05) is 12.1 Å². The van der Waals surface area contributed by atoms with Crippen molar-refractivity contribution in [2.75, 3.05) is 35.5 Å². The molecule has 0 fully saturated rings. The Balaban J connectivity index is 1.81. The number of benzene rings is 3. The maximum atomic E-state index is 13.3. The van der Waals surface area contributed by atoms with E-state index < -0.39 is 0 Å². The van der Waals surface area contributed by atoms with Crippen LogP contribution in [0.15, 0.2) is 60.7 Å². The molecule has 1 aromatic heterocycles. The zero-order valence-corrected chi connectivity index (χ0v) is 19.7. The number of hydrogen-bond acceptors (Lipinski definition) is 7. The summed E-state index contributed by atoms with van der Waals surface area (Å²) in [5.41, 5.74) is 3.19. The second-order valence-electron chi connectivity index (χ2n) is 7.38. The first-order valence-electron chi connectivity index (χ1n) is 10.5. The maximum absolute atomic E-state index is 13.3. The number of carbonyl (C=O) groups is 1. The standard InChI is InChI=1S/C27H25NO6/c1-30-18-8-6-16(7-9-18)25-19-10-11-21(28-20(19)12-13-22(25)31-2)26(29)17-14-23(32-3)27(34-5)24(15-17)33-4/h6-15H,1-5H3. The Morgan fingerprint density at radius 1 is 0.676 bits per heavy atom. The third-order valence-electron chi connectivity index (χ3n) is 5.59. The number of ketones is 1. The lowest BCUT2D eigenvalue weighted by Gasteiger charge is -2.14. The molecular formula is C27H25NO6. The summed E-state index contributed by atoms with van der Waals surface area (Å²) in [5.74, 6) is 2.43. The zero-order chi connectivity index (χ0) is 24.2. The number of rotatable bonds is 8. The van der Waals surface area contributed by atoms with E-state index in [0.29, 0.717) is 39.8 Å². The first-order chi connectivity index (χ1) is 16.5. The Hall–Kier alpha value is -4.26. The summed E-state index contributed by atoms with van der Waals surface area (Å²) in [6, 6.07) is 18.2. The fourth-order valence-electron chi connectivity index (χ4n) is 3.90. The van der Waals surface area contributed by atoms with E-state index in [1.807, 2.05) is 42.5 Å². The molecule has 4 rings (SSSR count). The van der Waals surface area contributed by atoms with Gasteiger partial charge in [0.2, 0.25) is 11.5 Å². The van der Waals surface area contributed by atoms with Crippen LogP contribution in [0.3, 0.4) is 0 Å². The lowest BCUT2D eigenvalue weighted by Crippen LogP contribution is -2.06. The van der Waals surface area contributed by atoms with Gasteiger partial charge in [-0.2, -0.15) is 0 Å². The molecule has 0 radical (unpaired) electrons. The van der Waals surface area contributed by atoms with Crippen molar-refractivity contribution < 1.29 is 28.5 Å². The van der Waals surface area contributed by atoms with Crippen molar-refractivity contribution >= 4 is 16.7 Å². The summed E-state index contributed by atoms with van der Waals surface area (Å²) < 4.78 is 27.0. The average Bonchev–Trinajstić information content (AvgIpc) is 2.90. The highest BCUT2D eigenvalue weighted by Gasteiger charge is 2.20. The van der Waals surface area contributed by atoms with Crippen molar-refractivity contribution in [2.45, 2.75) is 0 Å². The number of aromatic nitrogens is 1. The molecule has 4 aromatic rings. The van der Waals surface area contributed by atoms with E-state index in [1.165, 1.54) is 21.3 Å². The molecule has 7 nitrogen and oxygen atoms in total. The molecule has 0 amide bonds. The highest BCUT2D eigenvalue weighted by atomic mass is 16.5. The van der Waals surface area contributed by atoms with Crippen LogP contribution in [-0.2, 0) is 0 Å². The molecule has 0 atom stereocenters. The largest absolute Gasteiger partial charge is 0.497 e. The van der Waals surface area contributed by atoms with E-state index in [1.54, 1.807) is 32.4 Å². The number of carbonyl (C=O) groups excluding carboxylic acids is 1. The molecule has 174 valence electrons. The molecule has 0 N–H and O–H groups in total. The van der Waals surface area contributed by atoms with Crippen LogP contribution < -0.4 is 23.7 Å². The van der Waals surface area contributed by atoms with Crippen LogP contribution in [0.4, 0.5) is 0 Å². The molecule has 3 aromatic carbocycles. The molecule has 0 bridgehead atoms. The van der Waals surface area contributed by atoms with E-state index in [-0.39, 0.29) is 5.78 Å². The maximum Gasteiger partial charge on any atom is 0.211 e. The van der Waals surface area contributed by atoms with Crippen LogP contribution in [0.25, 0.3) is 22.0 Å². The topological polar surface area (TPSA) is 76.1 Å². The Bertz CT molecular complexity index is 1320. The Kier molecular flexibility index (Phi) is 6.54. The normalized spacial score (nSPS) is 10.6. The summed E-state index contributed by atoms with van der Waals surface area (Å²) in [6.45, 7) is 0. The van der Waals surface area contributed by atoms with Crippen molar-refractivity contribution in [3.05, 3.63) is 71.9 Å². The fraction of sp³-hybridized carbons (Fsp3) is 0.185. The average molecular weight is 459 g/mol. The number of fused-ring (bicyclic) bond motifs is 1. The zero-order valence-electron chi connectivity index (χ0n) is 19.7. The SMILES string of the molecule is COc1ccc(-c2c(OC)ccc3nc(C(=O)c4cc(OC)c(OC)c(OC)c4)ccc23)cc1. The summed E-state index contributed by atoms with van der Waals surface area (Å²) in [7, 11) is 7.79. The molecule has 0 spiro atoms. The van der Waals surface area contributed by atoms with Gasteiger partial charge in [0.1, 0.15) is 17.2 Å². The van der Waals surface area contributed by atoms with Gasteiger partial charge in [-0.3, -0.25) is 4.79 Å². The highest BCUT2D eigenvalue weighted by Crippen LogP contribution is 2.40. The second kappa shape index (κ2) is 9.70. The van der Waals surface area contributed by atoms with Crippen LogP contribution >= 0.6 is 0 Å². The smallest absolute Gasteiger partial charge is 0.211 e. The monoisotopic (exact) mass is 459 g/mol. The molecule has 1 heterocycles. The predicted molar refractivity (Wildman–Crippen MR) is 130 cm³/mol. The molecule has 0 unspecified atom stereocenters. The van der Waals surface area contributed by atoms with Crippen LogP contribution in [0, 0.1) is 0 Å². The fourth-order valence-corrected chi connectivity index (χ4v) is 3.90. The van der Waals surface area contributed by atoms with Gasteiger partial charge in [0, 0.05) is 16.5 Å². The van der Waals surface area contributed by atoms with Crippen molar-refractivity contribution in [3.8, 4) is 39.9 Å². The van der Waals surface area contributed by atoms with Crippen molar-refractivity contribution in [2.24, 2.45) is 0 Å². The first kappa shape index (κ1) is 22.9. The minimum Gasteiger partial charge on any atom is -0.497 e. The molecular weight excluding hydrogens is 434 g/mol. The number of pyridine rings is 1. The van der Waals surface area contributed by atoms with E-state index in [0.717, 1.165) is 22.3 Å². The minimum atomic E-state index is -0.261. The Morgan fingerprint density at radius 2 is 1.32 bits per heavy atom. The van der Waals surface area contributed by atoms with Crippen LogP contribution in [0.1, 0.15) is 16.1 Å². The first-order valence-corrected chi connectivity index (χ1v) is 10.5. The van der Waals surface area contributed by atoms with E-state index >= 15 is 0 Å². The van der Waals surface area contributed by atoms with Gasteiger partial charge in [0.05, 0.1) is 41.1 Å². The van der Waals surface area contributed by atoms with Crippen molar-refractivity contribution in [1.29, 1.82) is 0 Å². The quantitative estimate of drug-likeness (QED) is 0.336. The van der Waals surface area contributed by atoms with E-state index in [9.17, 15) is 4.79 Å². The van der Waals surface area contributed by atoms with Crippen LogP contribution in [0.5, 0.6) is 28.7 Å². The molecule has 0 aliphatic carbocycles. The number of hydrogen-bond donors (Lipinski definition) is 0. The molecule has 7 heteroatoms. The Labute approximate surface area is 197 Å². The molecule has 0 saturated carbocycles. The highest BCUT2D eigenvalue weighted by molar-refractivity contribution is 6.10. The van der Waals surface area contributed by atoms with Gasteiger partial charge in [-0.25, -0.2) is 4.98 Å². The lowest BCUT2D eigenvalue weighted by molar-refractivity contribution is 0.103. The van der Waals surface area contributed by atoms with Gasteiger partial charge < -0.3 is 23.7 Å². The third-order valence-corrected chi connectivity index (χ3v) is 5.59. The van der Waals surface area contributed by atoms with Gasteiger partial charge in [-0.15, -0.1) is 0 Å². The van der Waals surface area contributed by atoms with Gasteiger partial charge in [-0.05, 0) is 54.1 Å². The summed E-state index contributed by atoms with van der Waals surface area (Å²) in [5, 5.41) is 0.867. The summed E-state index contributed by atoms with van der Waals surface area (Å²) in [4.78, 5) is 18.0. The summed E-state index contributed by atoms with van der Waals surface area (Å²) in [6.07, 6.45) is 0. The van der Waals surface area contributed by atoms with Crippen molar-refractivity contribution in [1.82, 2.24) is 4.98 Å². The second-order valence-corrected chi connectivity index (χ2v) is 7.38. The van der Waals surface area contributed by atoms with E-state index in [4.69, 9.17) is 23.7 Å². The molecule has 0 aliphatic rings.